The lowest BCUT2D eigenvalue weighted by molar-refractivity contribution is -0.133. The lowest BCUT2D eigenvalue weighted by Gasteiger charge is -2.35. The number of piperazine rings is 1. The standard InChI is InChI=1S/C22H32FN3O3/c1-3-24-12-14-25(15-13-24)21(27)7-4-17-8-10-26(11-9-17)22(28)18-5-6-20(29-2)19(23)16-18/h5-6,16-17H,3-4,7-15H2,1-2H3. The Balaban J connectivity index is 1.41. The molecule has 2 heterocycles. The molecule has 3 rings (SSSR count). The zero-order chi connectivity index (χ0) is 20.8. The highest BCUT2D eigenvalue weighted by atomic mass is 19.1. The Morgan fingerprint density at radius 2 is 1.76 bits per heavy atom. The van der Waals surface area contributed by atoms with Gasteiger partial charge in [0.1, 0.15) is 0 Å². The number of ether oxygens (including phenoxy) is 1. The van der Waals surface area contributed by atoms with Gasteiger partial charge in [0.2, 0.25) is 5.91 Å². The number of piperidine rings is 1. The first-order chi connectivity index (χ1) is 14.0. The fourth-order valence-corrected chi connectivity index (χ4v) is 4.21. The van der Waals surface area contributed by atoms with E-state index in [1.54, 1.807) is 11.0 Å². The van der Waals surface area contributed by atoms with E-state index in [-0.39, 0.29) is 17.6 Å². The average molecular weight is 406 g/mol. The number of carbonyl (C=O) groups excluding carboxylic acids is 2. The number of amides is 2. The third-order valence-corrected chi connectivity index (χ3v) is 6.24. The van der Waals surface area contributed by atoms with E-state index < -0.39 is 5.82 Å². The van der Waals surface area contributed by atoms with Crippen LogP contribution in [0.5, 0.6) is 5.75 Å². The van der Waals surface area contributed by atoms with Crippen molar-refractivity contribution in [3.8, 4) is 5.75 Å². The lowest BCUT2D eigenvalue weighted by Crippen LogP contribution is -2.48. The Morgan fingerprint density at radius 1 is 1.07 bits per heavy atom. The Kier molecular flexibility index (Phi) is 7.47. The Bertz CT molecular complexity index is 711. The smallest absolute Gasteiger partial charge is 0.253 e. The zero-order valence-corrected chi connectivity index (χ0v) is 17.5. The first-order valence-corrected chi connectivity index (χ1v) is 10.6. The quantitative estimate of drug-likeness (QED) is 0.730. The second-order valence-electron chi connectivity index (χ2n) is 7.94. The molecular weight excluding hydrogens is 373 g/mol. The van der Waals surface area contributed by atoms with Crippen LogP contribution in [0, 0.1) is 11.7 Å². The number of hydrogen-bond acceptors (Lipinski definition) is 4. The van der Waals surface area contributed by atoms with Crippen molar-refractivity contribution >= 4 is 11.8 Å². The molecule has 2 saturated heterocycles. The van der Waals surface area contributed by atoms with Gasteiger partial charge in [0.25, 0.3) is 5.91 Å². The predicted octanol–water partition coefficient (Wildman–Crippen LogP) is 2.63. The average Bonchev–Trinajstić information content (AvgIpc) is 2.77. The third-order valence-electron chi connectivity index (χ3n) is 6.24. The monoisotopic (exact) mass is 405 g/mol. The zero-order valence-electron chi connectivity index (χ0n) is 17.5. The summed E-state index contributed by atoms with van der Waals surface area (Å²) in [6, 6.07) is 4.33. The topological polar surface area (TPSA) is 53.1 Å². The van der Waals surface area contributed by atoms with E-state index in [0.29, 0.717) is 31.0 Å². The summed E-state index contributed by atoms with van der Waals surface area (Å²) in [6.45, 7) is 8.10. The molecule has 0 spiro atoms. The van der Waals surface area contributed by atoms with E-state index in [0.717, 1.165) is 52.0 Å². The molecule has 0 radical (unpaired) electrons. The first kappa shape index (κ1) is 21.6. The summed E-state index contributed by atoms with van der Waals surface area (Å²) in [5, 5.41) is 0. The van der Waals surface area contributed by atoms with E-state index in [4.69, 9.17) is 4.74 Å². The van der Waals surface area contributed by atoms with Gasteiger partial charge < -0.3 is 19.4 Å². The van der Waals surface area contributed by atoms with E-state index in [1.165, 1.54) is 19.2 Å². The minimum atomic E-state index is -0.522. The maximum absolute atomic E-state index is 13.9. The van der Waals surface area contributed by atoms with Crippen molar-refractivity contribution in [2.24, 2.45) is 5.92 Å². The van der Waals surface area contributed by atoms with Crippen LogP contribution in [-0.2, 0) is 4.79 Å². The maximum atomic E-state index is 13.9. The number of halogens is 1. The van der Waals surface area contributed by atoms with Crippen molar-refractivity contribution in [2.45, 2.75) is 32.6 Å². The molecule has 29 heavy (non-hydrogen) atoms. The fraction of sp³-hybridized carbons (Fsp3) is 0.636. The largest absolute Gasteiger partial charge is 0.494 e. The number of methoxy groups -OCH3 is 1. The number of benzene rings is 1. The summed E-state index contributed by atoms with van der Waals surface area (Å²) in [6.07, 6.45) is 3.25. The summed E-state index contributed by atoms with van der Waals surface area (Å²) in [5.41, 5.74) is 0.350. The molecule has 0 aromatic heterocycles. The van der Waals surface area contributed by atoms with Crippen LogP contribution < -0.4 is 4.74 Å². The van der Waals surface area contributed by atoms with Gasteiger partial charge in [-0.25, -0.2) is 4.39 Å². The molecule has 2 amide bonds. The molecule has 160 valence electrons. The Labute approximate surface area is 172 Å². The third kappa shape index (κ3) is 5.47. The van der Waals surface area contributed by atoms with Crippen molar-refractivity contribution in [2.75, 3.05) is 52.9 Å². The normalized spacial score (nSPS) is 18.7. The van der Waals surface area contributed by atoms with Crippen LogP contribution >= 0.6 is 0 Å². The van der Waals surface area contributed by atoms with E-state index in [9.17, 15) is 14.0 Å². The van der Waals surface area contributed by atoms with Crippen molar-refractivity contribution in [3.63, 3.8) is 0 Å². The molecule has 2 aliphatic rings. The van der Waals surface area contributed by atoms with Gasteiger partial charge in [-0.3, -0.25) is 9.59 Å². The maximum Gasteiger partial charge on any atom is 0.253 e. The van der Waals surface area contributed by atoms with E-state index in [1.807, 2.05) is 4.90 Å². The molecule has 0 saturated carbocycles. The van der Waals surface area contributed by atoms with Crippen LogP contribution in [0.15, 0.2) is 18.2 Å². The van der Waals surface area contributed by atoms with Gasteiger partial charge in [-0.05, 0) is 49.9 Å². The van der Waals surface area contributed by atoms with E-state index >= 15 is 0 Å². The van der Waals surface area contributed by atoms with Gasteiger partial charge in [0.05, 0.1) is 7.11 Å². The predicted molar refractivity (Wildman–Crippen MR) is 110 cm³/mol. The second kappa shape index (κ2) is 10.1. The highest BCUT2D eigenvalue weighted by molar-refractivity contribution is 5.94. The van der Waals surface area contributed by atoms with Crippen LogP contribution in [0.4, 0.5) is 4.39 Å². The number of nitrogens with zero attached hydrogens (tertiary/aromatic N) is 3. The van der Waals surface area contributed by atoms with E-state index in [2.05, 4.69) is 11.8 Å². The molecule has 0 N–H and O–H groups in total. The number of hydrogen-bond donors (Lipinski definition) is 0. The minimum Gasteiger partial charge on any atom is -0.494 e. The molecule has 0 unspecified atom stereocenters. The summed E-state index contributed by atoms with van der Waals surface area (Å²) in [7, 11) is 1.40. The Hall–Kier alpha value is -2.15. The molecule has 1 aromatic carbocycles. The summed E-state index contributed by atoms with van der Waals surface area (Å²) in [5.74, 6) is 0.197. The number of likely N-dealkylation sites (N-methyl/N-ethyl adjacent to an activating group) is 1. The summed E-state index contributed by atoms with van der Waals surface area (Å²) in [4.78, 5) is 31.2. The lowest BCUT2D eigenvalue weighted by atomic mass is 9.91. The Morgan fingerprint density at radius 3 is 2.34 bits per heavy atom. The van der Waals surface area contributed by atoms with Crippen LogP contribution in [-0.4, -0.2) is 79.4 Å². The van der Waals surface area contributed by atoms with Gasteiger partial charge in [-0.15, -0.1) is 0 Å². The van der Waals surface area contributed by atoms with Crippen molar-refractivity contribution < 1.29 is 18.7 Å². The first-order valence-electron chi connectivity index (χ1n) is 10.6. The highest BCUT2D eigenvalue weighted by Gasteiger charge is 2.26. The molecule has 1 aromatic rings. The minimum absolute atomic E-state index is 0.140. The summed E-state index contributed by atoms with van der Waals surface area (Å²) >= 11 is 0. The van der Waals surface area contributed by atoms with Crippen LogP contribution in [0.2, 0.25) is 0 Å². The van der Waals surface area contributed by atoms with Crippen molar-refractivity contribution in [3.05, 3.63) is 29.6 Å². The molecule has 2 aliphatic heterocycles. The highest BCUT2D eigenvalue weighted by Crippen LogP contribution is 2.25. The van der Waals surface area contributed by atoms with Crippen LogP contribution in [0.25, 0.3) is 0 Å². The SMILES string of the molecule is CCN1CCN(C(=O)CCC2CCN(C(=O)c3ccc(OC)c(F)c3)CC2)CC1. The number of carbonyl (C=O) groups is 2. The van der Waals surface area contributed by atoms with Gasteiger partial charge in [-0.1, -0.05) is 6.92 Å². The van der Waals surface area contributed by atoms with Crippen LogP contribution in [0.1, 0.15) is 43.0 Å². The molecule has 7 heteroatoms. The number of rotatable bonds is 6. The molecule has 0 aliphatic carbocycles. The molecule has 0 atom stereocenters. The molecule has 2 fully saturated rings. The van der Waals surface area contributed by atoms with Gasteiger partial charge in [0, 0.05) is 51.3 Å². The van der Waals surface area contributed by atoms with Gasteiger partial charge in [0.15, 0.2) is 11.6 Å². The van der Waals surface area contributed by atoms with Gasteiger partial charge in [-0.2, -0.15) is 0 Å². The molecular formula is C22H32FN3O3. The van der Waals surface area contributed by atoms with Crippen molar-refractivity contribution in [1.29, 1.82) is 0 Å². The molecule has 0 bridgehead atoms. The number of likely N-dealkylation sites (tertiary alicyclic amines) is 1. The molecule has 6 nitrogen and oxygen atoms in total. The van der Waals surface area contributed by atoms with Crippen molar-refractivity contribution in [1.82, 2.24) is 14.7 Å². The fourth-order valence-electron chi connectivity index (χ4n) is 4.21. The van der Waals surface area contributed by atoms with Crippen LogP contribution in [0.3, 0.4) is 0 Å². The van der Waals surface area contributed by atoms with Gasteiger partial charge >= 0.3 is 0 Å². The second-order valence-corrected chi connectivity index (χ2v) is 7.94. The summed E-state index contributed by atoms with van der Waals surface area (Å²) < 4.78 is 18.8.